The number of carbonyl (C=O) groups excluding carboxylic acids is 1. The molecule has 0 saturated heterocycles. The Bertz CT molecular complexity index is 451. The zero-order chi connectivity index (χ0) is 14.8. The van der Waals surface area contributed by atoms with Crippen LogP contribution in [0.3, 0.4) is 0 Å². The van der Waals surface area contributed by atoms with Gasteiger partial charge in [0.25, 0.3) is 7.82 Å². The number of unbranched alkanes of at least 4 members (excludes halogenated alkanes) is 1. The van der Waals surface area contributed by atoms with E-state index in [0.717, 1.165) is 12.0 Å². The Kier molecular flexibility index (Phi) is 7.47. The van der Waals surface area contributed by atoms with Gasteiger partial charge in [0.1, 0.15) is 0 Å². The summed E-state index contributed by atoms with van der Waals surface area (Å²) in [6, 6.07) is 9.32. The number of rotatable bonds is 9. The fourth-order valence-electron chi connectivity index (χ4n) is 1.44. The summed E-state index contributed by atoms with van der Waals surface area (Å²) in [5.41, 5.74) is 2.82. The van der Waals surface area contributed by atoms with Crippen molar-refractivity contribution < 1.29 is 23.4 Å². The van der Waals surface area contributed by atoms with Gasteiger partial charge in [-0.05, 0) is 18.4 Å². The lowest BCUT2D eigenvalue weighted by Gasteiger charge is -2.21. The number of hydrogen-bond acceptors (Lipinski definition) is 5. The average molecular weight is 300 g/mol. The Labute approximate surface area is 118 Å². The minimum Gasteiger partial charge on any atom is -0.755 e. The monoisotopic (exact) mass is 300 g/mol. The smallest absolute Gasteiger partial charge is 0.290 e. The maximum atomic E-state index is 11.4. The van der Waals surface area contributed by atoms with Gasteiger partial charge in [0, 0.05) is 6.42 Å². The molecule has 0 heterocycles. The molecular weight excluding hydrogens is 281 g/mol. The molecule has 1 aromatic rings. The van der Waals surface area contributed by atoms with Crippen LogP contribution in [0.25, 0.3) is 0 Å². The highest BCUT2D eigenvalue weighted by molar-refractivity contribution is 7.45. The van der Waals surface area contributed by atoms with Crippen LogP contribution in [0.4, 0.5) is 0 Å². The summed E-state index contributed by atoms with van der Waals surface area (Å²) in [4.78, 5) is 22.6. The van der Waals surface area contributed by atoms with Gasteiger partial charge in [-0.3, -0.25) is 9.36 Å². The first-order valence-electron chi connectivity index (χ1n) is 6.50. The van der Waals surface area contributed by atoms with Crippen LogP contribution < -0.4 is 10.4 Å². The van der Waals surface area contributed by atoms with Crippen molar-refractivity contribution in [1.82, 2.24) is 5.48 Å². The number of carbonyl (C=O) groups is 1. The van der Waals surface area contributed by atoms with Crippen LogP contribution in [-0.4, -0.2) is 12.5 Å². The van der Waals surface area contributed by atoms with Crippen LogP contribution in [0.1, 0.15) is 31.7 Å². The van der Waals surface area contributed by atoms with Gasteiger partial charge < -0.3 is 9.42 Å². The van der Waals surface area contributed by atoms with Crippen LogP contribution >= 0.6 is 7.82 Å². The molecule has 0 fully saturated rings. The maximum absolute atomic E-state index is 11.4. The molecule has 112 valence electrons. The van der Waals surface area contributed by atoms with Gasteiger partial charge >= 0.3 is 0 Å². The summed E-state index contributed by atoms with van der Waals surface area (Å²) in [6.45, 7) is 1.90. The molecule has 1 atom stereocenters. The van der Waals surface area contributed by atoms with Crippen molar-refractivity contribution in [2.45, 2.75) is 32.6 Å². The van der Waals surface area contributed by atoms with Gasteiger partial charge in [0.2, 0.25) is 5.91 Å². The largest absolute Gasteiger partial charge is 0.755 e. The van der Waals surface area contributed by atoms with E-state index in [0.29, 0.717) is 12.8 Å². The Hall–Kier alpha value is -1.20. The first kappa shape index (κ1) is 16.9. The van der Waals surface area contributed by atoms with E-state index in [9.17, 15) is 14.3 Å². The van der Waals surface area contributed by atoms with Crippen molar-refractivity contribution in [3.8, 4) is 0 Å². The van der Waals surface area contributed by atoms with E-state index < -0.39 is 13.7 Å². The van der Waals surface area contributed by atoms with E-state index >= 15 is 0 Å². The molecule has 0 aromatic heterocycles. The zero-order valence-corrected chi connectivity index (χ0v) is 12.3. The van der Waals surface area contributed by atoms with Gasteiger partial charge in [-0.15, -0.1) is 0 Å². The molecule has 6 nitrogen and oxygen atoms in total. The van der Waals surface area contributed by atoms with Crippen molar-refractivity contribution in [2.24, 2.45) is 0 Å². The highest BCUT2D eigenvalue weighted by Gasteiger charge is 2.11. The molecule has 0 spiro atoms. The van der Waals surface area contributed by atoms with Crippen molar-refractivity contribution in [3.63, 3.8) is 0 Å². The Morgan fingerprint density at radius 1 is 1.35 bits per heavy atom. The lowest BCUT2D eigenvalue weighted by atomic mass is 10.2. The van der Waals surface area contributed by atoms with Crippen LogP contribution in [0.15, 0.2) is 30.3 Å². The van der Waals surface area contributed by atoms with E-state index in [2.05, 4.69) is 9.15 Å². The van der Waals surface area contributed by atoms with Crippen molar-refractivity contribution in [1.29, 1.82) is 0 Å². The highest BCUT2D eigenvalue weighted by Crippen LogP contribution is 2.36. The van der Waals surface area contributed by atoms with Crippen molar-refractivity contribution in [2.75, 3.05) is 6.61 Å². The molecule has 0 aliphatic heterocycles. The number of hydroxylamine groups is 1. The molecule has 1 rings (SSSR count). The predicted molar refractivity (Wildman–Crippen MR) is 72.5 cm³/mol. The fourth-order valence-corrected chi connectivity index (χ4v) is 2.02. The van der Waals surface area contributed by atoms with Gasteiger partial charge in [-0.2, -0.15) is 0 Å². The van der Waals surface area contributed by atoms with Gasteiger partial charge in [0.15, 0.2) is 0 Å². The minimum atomic E-state index is -4.50. The summed E-state index contributed by atoms with van der Waals surface area (Å²) in [5.74, 6) is -0.477. The summed E-state index contributed by atoms with van der Waals surface area (Å²) in [7, 11) is -4.50. The normalized spacial score (nSPS) is 13.7. The van der Waals surface area contributed by atoms with E-state index in [1.54, 1.807) is 0 Å². The van der Waals surface area contributed by atoms with E-state index in [1.807, 2.05) is 42.7 Å². The summed E-state index contributed by atoms with van der Waals surface area (Å²) >= 11 is 0. The summed E-state index contributed by atoms with van der Waals surface area (Å²) in [5, 5.41) is 0. The molecule has 0 radical (unpaired) electrons. The number of phosphoric ester groups is 1. The molecule has 0 aliphatic rings. The van der Waals surface area contributed by atoms with Crippen LogP contribution in [0, 0.1) is 0 Å². The summed E-state index contributed by atoms with van der Waals surface area (Å²) in [6.07, 6.45) is 2.18. The van der Waals surface area contributed by atoms with Gasteiger partial charge in [-0.25, -0.2) is 10.1 Å². The Morgan fingerprint density at radius 2 is 2.05 bits per heavy atom. The second-order valence-electron chi connectivity index (χ2n) is 4.24. The first-order valence-corrected chi connectivity index (χ1v) is 7.96. The molecule has 0 aliphatic carbocycles. The molecule has 0 bridgehead atoms. The van der Waals surface area contributed by atoms with E-state index in [1.165, 1.54) is 0 Å². The van der Waals surface area contributed by atoms with Crippen LogP contribution in [0.5, 0.6) is 0 Å². The van der Waals surface area contributed by atoms with Crippen LogP contribution in [0.2, 0.25) is 0 Å². The number of phosphoric acid groups is 1. The first-order chi connectivity index (χ1) is 9.53. The number of hydrogen-bond donors (Lipinski definition) is 1. The molecule has 1 aromatic carbocycles. The average Bonchev–Trinajstić information content (AvgIpc) is 2.44. The number of nitrogens with one attached hydrogen (secondary N) is 1. The second-order valence-corrected chi connectivity index (χ2v) is 5.57. The third kappa shape index (κ3) is 7.40. The molecule has 1 N–H and O–H groups in total. The molecular formula is C13H19NO5P-. The standard InChI is InChI=1S/C13H20NO5P/c1-2-3-9-13(15)14-19-20(16,17)18-11-10-12-7-5-4-6-8-12/h4-8H,2-3,9-11H2,1H3,(H,14,15)(H,16,17)/p-1. The minimum absolute atomic E-state index is 0.0321. The van der Waals surface area contributed by atoms with Crippen LogP contribution in [-0.2, 0) is 24.9 Å². The second kappa shape index (κ2) is 8.87. The highest BCUT2D eigenvalue weighted by atomic mass is 31.2. The molecule has 1 amide bonds. The Balaban J connectivity index is 2.24. The maximum Gasteiger partial charge on any atom is 0.290 e. The lowest BCUT2D eigenvalue weighted by molar-refractivity contribution is -0.231. The molecule has 20 heavy (non-hydrogen) atoms. The topological polar surface area (TPSA) is 87.7 Å². The number of amides is 1. The Morgan fingerprint density at radius 3 is 2.70 bits per heavy atom. The number of benzene rings is 1. The van der Waals surface area contributed by atoms with Gasteiger partial charge in [0.05, 0.1) is 6.61 Å². The third-order valence-corrected chi connectivity index (χ3v) is 3.33. The van der Waals surface area contributed by atoms with Crippen molar-refractivity contribution >= 4 is 13.7 Å². The van der Waals surface area contributed by atoms with Gasteiger partial charge in [-0.1, -0.05) is 43.7 Å². The SMILES string of the molecule is CCCCC(=O)NOP(=O)([O-])OCCc1ccccc1. The van der Waals surface area contributed by atoms with Crippen molar-refractivity contribution in [3.05, 3.63) is 35.9 Å². The zero-order valence-electron chi connectivity index (χ0n) is 11.4. The summed E-state index contributed by atoms with van der Waals surface area (Å²) < 4.78 is 20.3. The van der Waals surface area contributed by atoms with E-state index in [4.69, 9.17) is 0 Å². The molecule has 7 heteroatoms. The van der Waals surface area contributed by atoms with E-state index in [-0.39, 0.29) is 13.0 Å². The predicted octanol–water partition coefficient (Wildman–Crippen LogP) is 1.95. The fraction of sp³-hybridized carbons (Fsp3) is 0.462. The third-order valence-electron chi connectivity index (χ3n) is 2.51. The molecule has 1 unspecified atom stereocenters. The lowest BCUT2D eigenvalue weighted by Crippen LogP contribution is -2.25. The quantitative estimate of drug-likeness (QED) is 0.556. The molecule has 0 saturated carbocycles.